The van der Waals surface area contributed by atoms with Gasteiger partial charge in [-0.05, 0) is 11.6 Å². The van der Waals surface area contributed by atoms with E-state index in [2.05, 4.69) is 5.32 Å². The summed E-state index contributed by atoms with van der Waals surface area (Å²) in [5.41, 5.74) is -0.457. The second-order valence-corrected chi connectivity index (χ2v) is 4.69. The van der Waals surface area contributed by atoms with E-state index < -0.39 is 29.0 Å². The molecule has 0 fully saturated rings. The molecule has 7 heteroatoms. The SMILES string of the molecule is Fc1cc(F)c(F)c(NCc2cccc(Cl)c2Cl)c1F. The molecule has 0 atom stereocenters. The van der Waals surface area contributed by atoms with Crippen LogP contribution in [0.25, 0.3) is 0 Å². The number of halogens is 6. The highest BCUT2D eigenvalue weighted by Crippen LogP contribution is 2.28. The fourth-order valence-electron chi connectivity index (χ4n) is 1.60. The highest BCUT2D eigenvalue weighted by molar-refractivity contribution is 6.42. The van der Waals surface area contributed by atoms with Gasteiger partial charge in [0.15, 0.2) is 23.3 Å². The van der Waals surface area contributed by atoms with Gasteiger partial charge in [0.05, 0.1) is 10.0 Å². The Morgan fingerprint density at radius 3 is 2.15 bits per heavy atom. The molecule has 0 aliphatic carbocycles. The van der Waals surface area contributed by atoms with E-state index in [9.17, 15) is 17.6 Å². The lowest BCUT2D eigenvalue weighted by Crippen LogP contribution is -2.07. The van der Waals surface area contributed by atoms with Gasteiger partial charge in [0.25, 0.3) is 0 Å². The second-order valence-electron chi connectivity index (χ2n) is 3.91. The molecule has 0 spiro atoms. The summed E-state index contributed by atoms with van der Waals surface area (Å²) >= 11 is 11.7. The first-order chi connectivity index (χ1) is 9.41. The van der Waals surface area contributed by atoms with Crippen LogP contribution in [0.4, 0.5) is 23.2 Å². The molecule has 0 amide bonds. The van der Waals surface area contributed by atoms with Crippen molar-refractivity contribution >= 4 is 28.9 Å². The van der Waals surface area contributed by atoms with Crippen LogP contribution < -0.4 is 5.32 Å². The van der Waals surface area contributed by atoms with Crippen molar-refractivity contribution in [2.24, 2.45) is 0 Å². The maximum atomic E-state index is 13.4. The summed E-state index contributed by atoms with van der Waals surface area (Å²) in [6.45, 7) is -0.143. The molecule has 0 saturated heterocycles. The number of hydrogen-bond acceptors (Lipinski definition) is 1. The van der Waals surface area contributed by atoms with Crippen molar-refractivity contribution in [3.05, 3.63) is 63.1 Å². The van der Waals surface area contributed by atoms with Crippen molar-refractivity contribution in [3.8, 4) is 0 Å². The summed E-state index contributed by atoms with van der Waals surface area (Å²) in [5.74, 6) is -5.96. The molecule has 106 valence electrons. The summed E-state index contributed by atoms with van der Waals surface area (Å²) in [4.78, 5) is 0. The zero-order valence-electron chi connectivity index (χ0n) is 9.78. The molecule has 2 rings (SSSR count). The quantitative estimate of drug-likeness (QED) is 0.607. The van der Waals surface area contributed by atoms with E-state index in [-0.39, 0.29) is 22.7 Å². The first kappa shape index (κ1) is 14.9. The fourth-order valence-corrected chi connectivity index (χ4v) is 1.98. The molecule has 0 aliphatic rings. The van der Waals surface area contributed by atoms with Crippen LogP contribution in [0.2, 0.25) is 10.0 Å². The number of benzene rings is 2. The van der Waals surface area contributed by atoms with Crippen LogP contribution in [0.15, 0.2) is 24.3 Å². The molecule has 0 aliphatic heterocycles. The Kier molecular flexibility index (Phi) is 4.40. The minimum Gasteiger partial charge on any atom is -0.376 e. The monoisotopic (exact) mass is 323 g/mol. The number of anilines is 1. The zero-order chi connectivity index (χ0) is 14.9. The Bertz CT molecular complexity index is 635. The lowest BCUT2D eigenvalue weighted by Gasteiger charge is -2.11. The Labute approximate surface area is 122 Å². The Balaban J connectivity index is 2.30. The second kappa shape index (κ2) is 5.89. The molecular formula is C13H7Cl2F4N. The molecule has 1 nitrogen and oxygen atoms in total. The summed E-state index contributed by atoms with van der Waals surface area (Å²) < 4.78 is 52.9. The lowest BCUT2D eigenvalue weighted by molar-refractivity contribution is 0.458. The molecular weight excluding hydrogens is 317 g/mol. The molecule has 2 aromatic rings. The third kappa shape index (κ3) is 2.83. The van der Waals surface area contributed by atoms with E-state index in [4.69, 9.17) is 23.2 Å². The molecule has 2 aromatic carbocycles. The average Bonchev–Trinajstić information content (AvgIpc) is 2.41. The standard InChI is InChI=1S/C13H7Cl2F4N/c14-7-3-1-2-6(10(7)15)5-20-13-11(18)8(16)4-9(17)12(13)19/h1-4,20H,5H2. The first-order valence-corrected chi connectivity index (χ1v) is 6.17. The molecule has 0 heterocycles. The summed E-state index contributed by atoms with van der Waals surface area (Å²) in [7, 11) is 0. The molecule has 0 unspecified atom stereocenters. The summed E-state index contributed by atoms with van der Waals surface area (Å²) in [6.07, 6.45) is 0. The summed E-state index contributed by atoms with van der Waals surface area (Å²) in [6, 6.07) is 4.83. The molecule has 0 saturated carbocycles. The number of rotatable bonds is 3. The van der Waals surface area contributed by atoms with Gasteiger partial charge in [0.1, 0.15) is 5.69 Å². The van der Waals surface area contributed by atoms with Crippen LogP contribution in [-0.2, 0) is 6.54 Å². The van der Waals surface area contributed by atoms with Gasteiger partial charge < -0.3 is 5.32 Å². The topological polar surface area (TPSA) is 12.0 Å². The maximum absolute atomic E-state index is 13.4. The Morgan fingerprint density at radius 2 is 1.55 bits per heavy atom. The minimum absolute atomic E-state index is 0.141. The van der Waals surface area contributed by atoms with Crippen LogP contribution in [0.3, 0.4) is 0 Å². The smallest absolute Gasteiger partial charge is 0.185 e. The van der Waals surface area contributed by atoms with Crippen molar-refractivity contribution in [2.75, 3.05) is 5.32 Å². The largest absolute Gasteiger partial charge is 0.376 e. The highest BCUT2D eigenvalue weighted by atomic mass is 35.5. The predicted octanol–water partition coefficient (Wildman–Crippen LogP) is 5.16. The minimum atomic E-state index is -1.50. The first-order valence-electron chi connectivity index (χ1n) is 5.41. The van der Waals surface area contributed by atoms with Gasteiger partial charge in [0.2, 0.25) is 0 Å². The number of nitrogens with one attached hydrogen (secondary N) is 1. The van der Waals surface area contributed by atoms with Crippen molar-refractivity contribution in [2.45, 2.75) is 6.54 Å². The van der Waals surface area contributed by atoms with E-state index in [0.717, 1.165) is 0 Å². The van der Waals surface area contributed by atoms with Crippen LogP contribution in [-0.4, -0.2) is 0 Å². The highest BCUT2D eigenvalue weighted by Gasteiger charge is 2.19. The van der Waals surface area contributed by atoms with E-state index in [1.165, 1.54) is 6.07 Å². The van der Waals surface area contributed by atoms with Gasteiger partial charge in [-0.15, -0.1) is 0 Å². The molecule has 20 heavy (non-hydrogen) atoms. The van der Waals surface area contributed by atoms with Crippen LogP contribution >= 0.6 is 23.2 Å². The zero-order valence-corrected chi connectivity index (χ0v) is 11.3. The van der Waals surface area contributed by atoms with E-state index >= 15 is 0 Å². The van der Waals surface area contributed by atoms with Gasteiger partial charge in [-0.25, -0.2) is 17.6 Å². The van der Waals surface area contributed by atoms with Gasteiger partial charge in [-0.3, -0.25) is 0 Å². The van der Waals surface area contributed by atoms with Crippen LogP contribution in [0, 0.1) is 23.3 Å². The van der Waals surface area contributed by atoms with Crippen molar-refractivity contribution < 1.29 is 17.6 Å². The maximum Gasteiger partial charge on any atom is 0.185 e. The number of hydrogen-bond donors (Lipinski definition) is 1. The van der Waals surface area contributed by atoms with Gasteiger partial charge >= 0.3 is 0 Å². The van der Waals surface area contributed by atoms with Crippen molar-refractivity contribution in [1.82, 2.24) is 0 Å². The van der Waals surface area contributed by atoms with Crippen LogP contribution in [0.5, 0.6) is 0 Å². The van der Waals surface area contributed by atoms with E-state index in [1.807, 2.05) is 0 Å². The average molecular weight is 324 g/mol. The van der Waals surface area contributed by atoms with E-state index in [0.29, 0.717) is 5.56 Å². The summed E-state index contributed by atoms with van der Waals surface area (Å²) in [5, 5.41) is 2.73. The fraction of sp³-hybridized carbons (Fsp3) is 0.0769. The van der Waals surface area contributed by atoms with Crippen molar-refractivity contribution in [1.29, 1.82) is 0 Å². The third-order valence-electron chi connectivity index (χ3n) is 2.60. The molecule has 0 radical (unpaired) electrons. The molecule has 1 N–H and O–H groups in total. The molecule has 0 aromatic heterocycles. The predicted molar refractivity (Wildman–Crippen MR) is 70.1 cm³/mol. The van der Waals surface area contributed by atoms with Gasteiger partial charge in [0, 0.05) is 12.6 Å². The van der Waals surface area contributed by atoms with E-state index in [1.54, 1.807) is 12.1 Å². The molecule has 0 bridgehead atoms. The normalized spacial score (nSPS) is 10.7. The lowest BCUT2D eigenvalue weighted by atomic mass is 10.2. The Hall–Kier alpha value is -1.46. The van der Waals surface area contributed by atoms with Crippen LogP contribution in [0.1, 0.15) is 5.56 Å². The third-order valence-corrected chi connectivity index (χ3v) is 3.46. The Morgan fingerprint density at radius 1 is 0.950 bits per heavy atom. The van der Waals surface area contributed by atoms with Gasteiger partial charge in [-0.1, -0.05) is 35.3 Å². The van der Waals surface area contributed by atoms with Gasteiger partial charge in [-0.2, -0.15) is 0 Å². The van der Waals surface area contributed by atoms with Crippen molar-refractivity contribution in [3.63, 3.8) is 0 Å².